The van der Waals surface area contributed by atoms with Crippen LogP contribution >= 0.6 is 0 Å². The lowest BCUT2D eigenvalue weighted by Gasteiger charge is -2.39. The molecule has 0 radical (unpaired) electrons. The Morgan fingerprint density at radius 2 is 1.31 bits per heavy atom. The van der Waals surface area contributed by atoms with Gasteiger partial charge in [-0.3, -0.25) is 0 Å². The predicted octanol–water partition coefficient (Wildman–Crippen LogP) is 6.67. The molecule has 2 saturated carbocycles. The van der Waals surface area contributed by atoms with Gasteiger partial charge in [0.05, 0.1) is 45.7 Å². The summed E-state index contributed by atoms with van der Waals surface area (Å²) in [6.07, 6.45) is 1.35. The van der Waals surface area contributed by atoms with Crippen molar-refractivity contribution in [2.75, 3.05) is 13.7 Å². The van der Waals surface area contributed by atoms with Crippen LogP contribution in [-0.4, -0.2) is 25.9 Å². The minimum absolute atomic E-state index is 0.0573. The van der Waals surface area contributed by atoms with Gasteiger partial charge in [0.2, 0.25) is 0 Å². The van der Waals surface area contributed by atoms with E-state index < -0.39 is 0 Å². The maximum atomic E-state index is 6.76. The van der Waals surface area contributed by atoms with E-state index in [1.807, 2.05) is 18.2 Å². The first-order valence-electron chi connectivity index (χ1n) is 13.1. The van der Waals surface area contributed by atoms with E-state index in [4.69, 9.17) is 18.9 Å². The first-order valence-corrected chi connectivity index (χ1v) is 13.1. The molecular weight excluding hydrogens is 448 g/mol. The minimum Gasteiger partial charge on any atom is -0.497 e. The highest BCUT2D eigenvalue weighted by Crippen LogP contribution is 2.62. The number of methoxy groups -OCH3 is 1. The summed E-state index contributed by atoms with van der Waals surface area (Å²) in [5.74, 6) is 2.07. The van der Waals surface area contributed by atoms with Crippen LogP contribution in [0.25, 0.3) is 0 Å². The molecule has 0 saturated heterocycles. The van der Waals surface area contributed by atoms with Crippen molar-refractivity contribution in [3.8, 4) is 5.75 Å². The third kappa shape index (κ3) is 5.08. The Labute approximate surface area is 215 Å². The largest absolute Gasteiger partial charge is 0.497 e. The summed E-state index contributed by atoms with van der Waals surface area (Å²) >= 11 is 0. The van der Waals surface area contributed by atoms with Crippen LogP contribution < -0.4 is 4.74 Å². The maximum Gasteiger partial charge on any atom is 0.118 e. The number of rotatable bonds is 11. The molecule has 0 spiro atoms. The lowest BCUT2D eigenvalue weighted by atomic mass is 9.72. The molecule has 190 valence electrons. The molecular formula is C32H38O4. The number of hydrogen-bond donors (Lipinski definition) is 0. The summed E-state index contributed by atoms with van der Waals surface area (Å²) in [5.41, 5.74) is 3.52. The van der Waals surface area contributed by atoms with Crippen molar-refractivity contribution in [2.24, 2.45) is 23.2 Å². The summed E-state index contributed by atoms with van der Waals surface area (Å²) in [4.78, 5) is 0. The van der Waals surface area contributed by atoms with E-state index in [1.165, 1.54) is 11.1 Å². The molecule has 0 N–H and O–H groups in total. The van der Waals surface area contributed by atoms with E-state index in [1.54, 1.807) is 7.11 Å². The SMILES string of the molecule is COc1ccc(CO[C@@H]2[C@@H]3[C@H](C)C[C@](COCc4ccccc4)([C@H]2C)[C@H]3OCc2ccccc2)cc1. The van der Waals surface area contributed by atoms with Gasteiger partial charge >= 0.3 is 0 Å². The topological polar surface area (TPSA) is 36.9 Å². The predicted molar refractivity (Wildman–Crippen MR) is 142 cm³/mol. The molecule has 2 fully saturated rings. The fourth-order valence-electron chi connectivity index (χ4n) is 6.55. The molecule has 0 heterocycles. The van der Waals surface area contributed by atoms with E-state index in [0.717, 1.165) is 17.7 Å². The van der Waals surface area contributed by atoms with Crippen LogP contribution in [0.5, 0.6) is 5.75 Å². The Balaban J connectivity index is 1.33. The number of fused-ring (bicyclic) bond motifs is 2. The second kappa shape index (κ2) is 11.2. The average Bonchev–Trinajstić information content (AvgIpc) is 3.32. The third-order valence-electron chi connectivity index (χ3n) is 8.41. The van der Waals surface area contributed by atoms with Crippen LogP contribution in [0.3, 0.4) is 0 Å². The van der Waals surface area contributed by atoms with Gasteiger partial charge in [-0.15, -0.1) is 0 Å². The van der Waals surface area contributed by atoms with E-state index in [0.29, 0.717) is 44.2 Å². The summed E-state index contributed by atoms with van der Waals surface area (Å²) in [6, 6.07) is 29.1. The highest BCUT2D eigenvalue weighted by Gasteiger charge is 2.66. The van der Waals surface area contributed by atoms with Gasteiger partial charge in [0.25, 0.3) is 0 Å². The fraction of sp³-hybridized carbons (Fsp3) is 0.438. The van der Waals surface area contributed by atoms with Crippen molar-refractivity contribution < 1.29 is 18.9 Å². The first-order chi connectivity index (χ1) is 17.6. The molecule has 3 aromatic carbocycles. The number of hydrogen-bond acceptors (Lipinski definition) is 4. The van der Waals surface area contributed by atoms with Crippen molar-refractivity contribution in [3.63, 3.8) is 0 Å². The molecule has 2 bridgehead atoms. The van der Waals surface area contributed by atoms with Crippen molar-refractivity contribution in [2.45, 2.75) is 52.3 Å². The second-order valence-electron chi connectivity index (χ2n) is 10.6. The Morgan fingerprint density at radius 1 is 0.722 bits per heavy atom. The first kappa shape index (κ1) is 25.0. The molecule has 36 heavy (non-hydrogen) atoms. The van der Waals surface area contributed by atoms with Gasteiger partial charge in [0.1, 0.15) is 5.75 Å². The fourth-order valence-corrected chi connectivity index (χ4v) is 6.55. The van der Waals surface area contributed by atoms with Crippen LogP contribution in [0.2, 0.25) is 0 Å². The van der Waals surface area contributed by atoms with Gasteiger partial charge in [-0.05, 0) is 47.1 Å². The molecule has 4 nitrogen and oxygen atoms in total. The quantitative estimate of drug-likeness (QED) is 0.303. The molecule has 4 heteroatoms. The zero-order chi connectivity index (χ0) is 25.0. The van der Waals surface area contributed by atoms with Crippen molar-refractivity contribution in [3.05, 3.63) is 102 Å². The molecule has 2 aliphatic carbocycles. The van der Waals surface area contributed by atoms with Gasteiger partial charge in [-0.25, -0.2) is 0 Å². The Hall–Kier alpha value is -2.66. The van der Waals surface area contributed by atoms with Crippen molar-refractivity contribution >= 4 is 0 Å². The Morgan fingerprint density at radius 3 is 1.94 bits per heavy atom. The third-order valence-corrected chi connectivity index (χ3v) is 8.41. The van der Waals surface area contributed by atoms with Gasteiger partial charge in [-0.1, -0.05) is 86.6 Å². The lowest BCUT2D eigenvalue weighted by molar-refractivity contribution is -0.0887. The van der Waals surface area contributed by atoms with Crippen LogP contribution in [0.1, 0.15) is 37.0 Å². The standard InChI is InChI=1S/C32H38O4/c1-23-18-32(22-34-19-25-10-6-4-7-11-25)24(2)30(35-20-27-14-16-28(33-3)17-15-27)29(23)31(32)36-21-26-12-8-5-9-13-26/h4-17,23-24,29-31H,18-22H2,1-3H3/t23-,24+,29+,30+,31+,32+/m1/s1. The molecule has 2 aliphatic rings. The molecule has 6 atom stereocenters. The summed E-state index contributed by atoms with van der Waals surface area (Å²) in [5, 5.41) is 0. The minimum atomic E-state index is -0.0573. The van der Waals surface area contributed by atoms with Gasteiger partial charge in [-0.2, -0.15) is 0 Å². The van der Waals surface area contributed by atoms with Crippen LogP contribution in [0, 0.1) is 23.2 Å². The number of benzene rings is 3. The Bertz CT molecular complexity index is 1080. The lowest BCUT2D eigenvalue weighted by Crippen LogP contribution is -2.41. The monoisotopic (exact) mass is 486 g/mol. The molecule has 0 aliphatic heterocycles. The zero-order valence-corrected chi connectivity index (χ0v) is 21.6. The van der Waals surface area contributed by atoms with E-state index in [-0.39, 0.29) is 17.6 Å². The van der Waals surface area contributed by atoms with Gasteiger partial charge in [0.15, 0.2) is 0 Å². The second-order valence-corrected chi connectivity index (χ2v) is 10.6. The normalized spacial score (nSPS) is 28.9. The van der Waals surface area contributed by atoms with Crippen molar-refractivity contribution in [1.29, 1.82) is 0 Å². The molecule has 0 aromatic heterocycles. The van der Waals surface area contributed by atoms with Crippen molar-refractivity contribution in [1.82, 2.24) is 0 Å². The average molecular weight is 487 g/mol. The van der Waals surface area contributed by atoms with E-state index in [9.17, 15) is 0 Å². The smallest absolute Gasteiger partial charge is 0.118 e. The molecule has 5 rings (SSSR count). The summed E-state index contributed by atoms with van der Waals surface area (Å²) < 4.78 is 25.2. The van der Waals surface area contributed by atoms with Crippen LogP contribution in [0.4, 0.5) is 0 Å². The van der Waals surface area contributed by atoms with Crippen LogP contribution in [-0.2, 0) is 34.0 Å². The Kier molecular flexibility index (Phi) is 7.76. The summed E-state index contributed by atoms with van der Waals surface area (Å²) in [6.45, 7) is 7.22. The molecule has 0 unspecified atom stereocenters. The highest BCUT2D eigenvalue weighted by molar-refractivity contribution is 5.27. The van der Waals surface area contributed by atoms with Gasteiger partial charge < -0.3 is 18.9 Å². The van der Waals surface area contributed by atoms with Crippen LogP contribution in [0.15, 0.2) is 84.9 Å². The van der Waals surface area contributed by atoms with E-state index in [2.05, 4.69) is 80.6 Å². The summed E-state index contributed by atoms with van der Waals surface area (Å²) in [7, 11) is 1.69. The van der Waals surface area contributed by atoms with E-state index >= 15 is 0 Å². The molecule has 3 aromatic rings. The zero-order valence-electron chi connectivity index (χ0n) is 21.6. The molecule has 0 amide bonds. The highest BCUT2D eigenvalue weighted by atomic mass is 16.5. The van der Waals surface area contributed by atoms with Gasteiger partial charge in [0, 0.05) is 11.3 Å². The number of ether oxygens (including phenoxy) is 4. The maximum absolute atomic E-state index is 6.76.